The number of amides is 1. The highest BCUT2D eigenvalue weighted by atomic mass is 32.2. The quantitative estimate of drug-likeness (QED) is 0.293. The first-order chi connectivity index (χ1) is 18.6. The van der Waals surface area contributed by atoms with Crippen molar-refractivity contribution in [1.82, 2.24) is 20.2 Å². The van der Waals surface area contributed by atoms with E-state index in [0.717, 1.165) is 52.9 Å². The second kappa shape index (κ2) is 11.1. The van der Waals surface area contributed by atoms with Crippen molar-refractivity contribution in [1.29, 1.82) is 0 Å². The van der Waals surface area contributed by atoms with E-state index >= 15 is 0 Å². The number of hydrogen-bond donors (Lipinski definition) is 3. The van der Waals surface area contributed by atoms with Crippen molar-refractivity contribution < 1.29 is 13.6 Å². The molecule has 2 aliphatic rings. The number of thioether (sulfide) groups is 1. The van der Waals surface area contributed by atoms with E-state index in [-0.39, 0.29) is 42.9 Å². The topological polar surface area (TPSA) is 78.9 Å². The van der Waals surface area contributed by atoms with Crippen molar-refractivity contribution in [2.24, 2.45) is 5.92 Å². The van der Waals surface area contributed by atoms with E-state index in [1.807, 2.05) is 44.4 Å². The van der Waals surface area contributed by atoms with Gasteiger partial charge in [0.2, 0.25) is 0 Å². The lowest BCUT2D eigenvalue weighted by Gasteiger charge is -2.41. The Morgan fingerprint density at radius 1 is 1.15 bits per heavy atom. The molecule has 2 fully saturated rings. The van der Waals surface area contributed by atoms with Crippen LogP contribution in [0.5, 0.6) is 0 Å². The molecular formula is C30H38F2N4O2S. The molecule has 210 valence electrons. The smallest absolute Gasteiger partial charge is 0.254 e. The molecular weight excluding hydrogens is 518 g/mol. The molecule has 0 saturated heterocycles. The van der Waals surface area contributed by atoms with Crippen LogP contribution in [0.1, 0.15) is 78.8 Å². The van der Waals surface area contributed by atoms with Gasteiger partial charge in [-0.3, -0.25) is 9.59 Å². The predicted molar refractivity (Wildman–Crippen MR) is 153 cm³/mol. The second-order valence-electron chi connectivity index (χ2n) is 11.3. The van der Waals surface area contributed by atoms with Crippen LogP contribution >= 0.6 is 11.8 Å². The monoisotopic (exact) mass is 556 g/mol. The lowest BCUT2D eigenvalue weighted by molar-refractivity contribution is -0.0957. The van der Waals surface area contributed by atoms with E-state index in [1.165, 1.54) is 11.8 Å². The summed E-state index contributed by atoms with van der Waals surface area (Å²) in [6.07, 6.45) is 5.83. The number of alkyl halides is 2. The number of pyridine rings is 1. The molecule has 2 aliphatic carbocycles. The van der Waals surface area contributed by atoms with Gasteiger partial charge in [0.1, 0.15) is 0 Å². The third kappa shape index (κ3) is 5.66. The first-order valence-electron chi connectivity index (χ1n) is 13.9. The fourth-order valence-corrected chi connectivity index (χ4v) is 7.29. The number of halogens is 2. The van der Waals surface area contributed by atoms with Gasteiger partial charge in [0, 0.05) is 70.3 Å². The Morgan fingerprint density at radius 3 is 2.51 bits per heavy atom. The second-order valence-corrected chi connectivity index (χ2v) is 12.2. The van der Waals surface area contributed by atoms with Gasteiger partial charge in [-0.05, 0) is 70.8 Å². The molecule has 0 unspecified atom stereocenters. The number of para-hydroxylation sites is 1. The summed E-state index contributed by atoms with van der Waals surface area (Å²) < 4.78 is 28.8. The molecule has 39 heavy (non-hydrogen) atoms. The first kappa shape index (κ1) is 27.9. The van der Waals surface area contributed by atoms with E-state index < -0.39 is 5.92 Å². The summed E-state index contributed by atoms with van der Waals surface area (Å²) in [5, 5.41) is 7.36. The molecule has 3 N–H and O–H groups in total. The number of hydrogen-bond acceptors (Lipinski definition) is 4. The van der Waals surface area contributed by atoms with Gasteiger partial charge in [0.05, 0.1) is 5.56 Å². The van der Waals surface area contributed by atoms with Crippen molar-refractivity contribution in [3.8, 4) is 0 Å². The lowest BCUT2D eigenvalue weighted by atomic mass is 9.80. The normalized spacial score (nSPS) is 22.0. The maximum Gasteiger partial charge on any atom is 0.254 e. The number of aromatic amines is 1. The highest BCUT2D eigenvalue weighted by molar-refractivity contribution is 7.98. The van der Waals surface area contributed by atoms with Crippen molar-refractivity contribution in [2.75, 3.05) is 6.26 Å². The first-order valence-corrected chi connectivity index (χ1v) is 15.1. The van der Waals surface area contributed by atoms with E-state index in [4.69, 9.17) is 0 Å². The van der Waals surface area contributed by atoms with Gasteiger partial charge in [-0.1, -0.05) is 18.2 Å². The number of H-pyrrole nitrogens is 1. The molecule has 1 amide bonds. The fraction of sp³-hybridized carbons (Fsp3) is 0.533. The maximum absolute atomic E-state index is 13.6. The molecule has 3 aromatic rings. The fourth-order valence-electron chi connectivity index (χ4n) is 6.59. The molecule has 1 aromatic carbocycles. The average Bonchev–Trinajstić information content (AvgIpc) is 3.18. The third-order valence-electron chi connectivity index (χ3n) is 8.68. The summed E-state index contributed by atoms with van der Waals surface area (Å²) in [6.45, 7) is 6.23. The molecule has 6 nitrogen and oxygen atoms in total. The predicted octanol–water partition coefficient (Wildman–Crippen LogP) is 6.11. The number of carbonyl (C=O) groups excluding carboxylic acids is 1. The number of carbonyl (C=O) groups is 1. The number of nitrogens with one attached hydrogen (secondary N) is 3. The SMILES string of the molecule is CSc1cc(C)[nH]c(=O)c1CNC(=O)c1c(C)n([C@H](C)C2CCC(NC3CC(F)(F)C3)CC2)c2ccccc12. The van der Waals surface area contributed by atoms with Gasteiger partial charge in [-0.2, -0.15) is 0 Å². The lowest BCUT2D eigenvalue weighted by Crippen LogP contribution is -2.52. The third-order valence-corrected chi connectivity index (χ3v) is 9.49. The number of fused-ring (bicyclic) bond motifs is 1. The summed E-state index contributed by atoms with van der Waals surface area (Å²) in [5.74, 6) is -2.24. The van der Waals surface area contributed by atoms with Crippen LogP contribution in [0.15, 0.2) is 40.0 Å². The van der Waals surface area contributed by atoms with Gasteiger partial charge in [0.25, 0.3) is 17.4 Å². The van der Waals surface area contributed by atoms with Crippen LogP contribution in [0.25, 0.3) is 10.9 Å². The number of benzene rings is 1. The van der Waals surface area contributed by atoms with E-state index in [9.17, 15) is 18.4 Å². The van der Waals surface area contributed by atoms with Crippen molar-refractivity contribution in [2.45, 2.75) is 94.8 Å². The average molecular weight is 557 g/mol. The molecule has 2 aromatic heterocycles. The Bertz CT molecular complexity index is 1420. The minimum absolute atomic E-state index is 0.0420. The highest BCUT2D eigenvalue weighted by Gasteiger charge is 2.46. The zero-order valence-corrected chi connectivity index (χ0v) is 23.9. The molecule has 1 atom stereocenters. The highest BCUT2D eigenvalue weighted by Crippen LogP contribution is 2.41. The van der Waals surface area contributed by atoms with Crippen molar-refractivity contribution in [3.05, 3.63) is 63.2 Å². The molecule has 5 rings (SSSR count). The Labute approximate surface area is 232 Å². The van der Waals surface area contributed by atoms with Crippen molar-refractivity contribution in [3.63, 3.8) is 0 Å². The van der Waals surface area contributed by atoms with Crippen LogP contribution in [-0.2, 0) is 6.54 Å². The van der Waals surface area contributed by atoms with Gasteiger partial charge < -0.3 is 20.2 Å². The summed E-state index contributed by atoms with van der Waals surface area (Å²) in [7, 11) is 0. The van der Waals surface area contributed by atoms with Gasteiger partial charge >= 0.3 is 0 Å². The number of aromatic nitrogens is 2. The van der Waals surface area contributed by atoms with Gasteiger partial charge in [-0.25, -0.2) is 8.78 Å². The number of nitrogens with zero attached hydrogens (tertiary/aromatic N) is 1. The number of aryl methyl sites for hydroxylation is 1. The van der Waals surface area contributed by atoms with Crippen LogP contribution in [0.4, 0.5) is 8.78 Å². The Kier molecular flexibility index (Phi) is 7.93. The largest absolute Gasteiger partial charge is 0.348 e. The molecule has 0 aliphatic heterocycles. The molecule has 0 spiro atoms. The van der Waals surface area contributed by atoms with Crippen LogP contribution in [0, 0.1) is 19.8 Å². The standard InChI is InChI=1S/C30H38F2N4O2S/c1-17-13-26(39-4)24(28(37)34-17)16-33-29(38)27-19(3)36(25-8-6-5-7-23(25)27)18(2)20-9-11-21(12-10-20)35-22-14-30(31,32)15-22/h5-8,13,18,20-22,35H,9-12,14-16H2,1-4H3,(H,33,38)(H,34,37)/t18-,20?,21?/m1/s1. The van der Waals surface area contributed by atoms with E-state index in [2.05, 4.69) is 33.2 Å². The molecule has 0 radical (unpaired) electrons. The maximum atomic E-state index is 13.6. The van der Waals surface area contributed by atoms with Gasteiger partial charge in [-0.15, -0.1) is 11.8 Å². The van der Waals surface area contributed by atoms with Crippen molar-refractivity contribution >= 4 is 28.6 Å². The van der Waals surface area contributed by atoms with Crippen LogP contribution in [0.2, 0.25) is 0 Å². The van der Waals surface area contributed by atoms with Crippen LogP contribution in [0.3, 0.4) is 0 Å². The Hall–Kier alpha value is -2.65. The van der Waals surface area contributed by atoms with E-state index in [0.29, 0.717) is 23.1 Å². The molecule has 2 saturated carbocycles. The number of rotatable bonds is 8. The van der Waals surface area contributed by atoms with Gasteiger partial charge in [0.15, 0.2) is 0 Å². The van der Waals surface area contributed by atoms with Crippen LogP contribution in [-0.4, -0.2) is 39.7 Å². The zero-order chi connectivity index (χ0) is 27.9. The van der Waals surface area contributed by atoms with E-state index in [1.54, 1.807) is 0 Å². The molecule has 9 heteroatoms. The Balaban J connectivity index is 1.32. The molecule has 0 bridgehead atoms. The minimum Gasteiger partial charge on any atom is -0.348 e. The summed E-state index contributed by atoms with van der Waals surface area (Å²) in [6, 6.07) is 10.4. The zero-order valence-electron chi connectivity index (χ0n) is 23.1. The summed E-state index contributed by atoms with van der Waals surface area (Å²) in [5.41, 5.74) is 3.77. The molecule has 2 heterocycles. The van der Waals surface area contributed by atoms with Crippen LogP contribution < -0.4 is 16.2 Å². The summed E-state index contributed by atoms with van der Waals surface area (Å²) in [4.78, 5) is 29.8. The Morgan fingerprint density at radius 2 is 1.85 bits per heavy atom. The summed E-state index contributed by atoms with van der Waals surface area (Å²) >= 11 is 1.50. The minimum atomic E-state index is -2.49.